The highest BCUT2D eigenvalue weighted by Crippen LogP contribution is 2.18. The number of amides is 1. The molecule has 0 spiro atoms. The van der Waals surface area contributed by atoms with Gasteiger partial charge in [0.25, 0.3) is 0 Å². The van der Waals surface area contributed by atoms with Crippen molar-refractivity contribution in [3.63, 3.8) is 0 Å². The highest BCUT2D eigenvalue weighted by molar-refractivity contribution is 6.28. The van der Waals surface area contributed by atoms with Crippen molar-refractivity contribution in [3.05, 3.63) is 17.3 Å². The lowest BCUT2D eigenvalue weighted by Gasteiger charge is -2.24. The van der Waals surface area contributed by atoms with Crippen LogP contribution in [-0.2, 0) is 4.79 Å². The molecule has 0 radical (unpaired) electrons. The van der Waals surface area contributed by atoms with Crippen LogP contribution in [0.4, 0.5) is 10.2 Å². The summed E-state index contributed by atoms with van der Waals surface area (Å²) < 4.78 is 13.5. The van der Waals surface area contributed by atoms with Crippen LogP contribution in [0.1, 0.15) is 13.8 Å². The molecular weight excluding hydrogens is 247 g/mol. The second-order valence-corrected chi connectivity index (χ2v) is 4.39. The first-order valence-electron chi connectivity index (χ1n) is 5.11. The number of hydrogen-bond acceptors (Lipinski definition) is 4. The quantitative estimate of drug-likeness (QED) is 0.808. The lowest BCUT2D eigenvalue weighted by Crippen LogP contribution is -2.37. The van der Waals surface area contributed by atoms with Crippen LogP contribution in [0, 0.1) is 11.7 Å². The molecule has 2 N–H and O–H groups in total. The predicted molar refractivity (Wildman–Crippen MR) is 63.2 cm³/mol. The van der Waals surface area contributed by atoms with Gasteiger partial charge in [0, 0.05) is 6.54 Å². The standard InChI is InChI=1S/C10H14ClFN4O/c1-6(2)4-16(5-8(13)17)9-7(12)3-14-10(11)15-9/h3,6H,4-5H2,1-2H3,(H2,13,17). The van der Waals surface area contributed by atoms with Gasteiger partial charge in [-0.2, -0.15) is 4.98 Å². The zero-order valence-corrected chi connectivity index (χ0v) is 10.4. The molecule has 1 rings (SSSR count). The lowest BCUT2D eigenvalue weighted by atomic mass is 10.2. The topological polar surface area (TPSA) is 72.1 Å². The van der Waals surface area contributed by atoms with E-state index in [0.717, 1.165) is 6.20 Å². The Morgan fingerprint density at radius 1 is 1.65 bits per heavy atom. The van der Waals surface area contributed by atoms with Gasteiger partial charge in [0.05, 0.1) is 12.7 Å². The predicted octanol–water partition coefficient (Wildman–Crippen LogP) is 1.22. The molecule has 1 aromatic heterocycles. The van der Waals surface area contributed by atoms with Gasteiger partial charge >= 0.3 is 0 Å². The van der Waals surface area contributed by atoms with Crippen molar-refractivity contribution in [2.75, 3.05) is 18.0 Å². The number of carbonyl (C=O) groups is 1. The van der Waals surface area contributed by atoms with E-state index in [1.165, 1.54) is 4.90 Å². The van der Waals surface area contributed by atoms with Crippen molar-refractivity contribution in [2.24, 2.45) is 11.7 Å². The van der Waals surface area contributed by atoms with Crippen molar-refractivity contribution < 1.29 is 9.18 Å². The molecule has 0 aliphatic rings. The van der Waals surface area contributed by atoms with Gasteiger partial charge in [-0.15, -0.1) is 0 Å². The van der Waals surface area contributed by atoms with Gasteiger partial charge in [0.15, 0.2) is 11.6 Å². The fourth-order valence-corrected chi connectivity index (χ4v) is 1.54. The summed E-state index contributed by atoms with van der Waals surface area (Å²) in [4.78, 5) is 19.7. The summed E-state index contributed by atoms with van der Waals surface area (Å²) >= 11 is 5.60. The Morgan fingerprint density at radius 3 is 2.82 bits per heavy atom. The van der Waals surface area contributed by atoms with Crippen LogP contribution in [0.3, 0.4) is 0 Å². The Bertz CT molecular complexity index is 413. The SMILES string of the molecule is CC(C)CN(CC(N)=O)c1nc(Cl)ncc1F. The largest absolute Gasteiger partial charge is 0.368 e. The molecule has 0 aliphatic carbocycles. The van der Waals surface area contributed by atoms with Gasteiger partial charge in [-0.3, -0.25) is 4.79 Å². The van der Waals surface area contributed by atoms with Crippen molar-refractivity contribution in [1.82, 2.24) is 9.97 Å². The number of rotatable bonds is 5. The van der Waals surface area contributed by atoms with E-state index in [4.69, 9.17) is 17.3 Å². The van der Waals surface area contributed by atoms with E-state index in [0.29, 0.717) is 6.54 Å². The molecular formula is C10H14ClFN4O. The Hall–Kier alpha value is -1.43. The van der Waals surface area contributed by atoms with Crippen LogP contribution >= 0.6 is 11.6 Å². The van der Waals surface area contributed by atoms with Crippen LogP contribution < -0.4 is 10.6 Å². The van der Waals surface area contributed by atoms with E-state index in [2.05, 4.69) is 9.97 Å². The molecule has 17 heavy (non-hydrogen) atoms. The second-order valence-electron chi connectivity index (χ2n) is 4.05. The number of hydrogen-bond donors (Lipinski definition) is 1. The third-order valence-electron chi connectivity index (χ3n) is 1.93. The minimum absolute atomic E-state index is 0.00231. The van der Waals surface area contributed by atoms with Crippen LogP contribution in [0.2, 0.25) is 5.28 Å². The Labute approximate surface area is 104 Å². The maximum absolute atomic E-state index is 13.5. The zero-order valence-electron chi connectivity index (χ0n) is 9.65. The van der Waals surface area contributed by atoms with E-state index in [1.54, 1.807) is 0 Å². The molecule has 0 aromatic carbocycles. The molecule has 0 unspecified atom stereocenters. The normalized spacial score (nSPS) is 10.6. The molecule has 0 fully saturated rings. The summed E-state index contributed by atoms with van der Waals surface area (Å²) in [6.07, 6.45) is 0.971. The van der Waals surface area contributed by atoms with E-state index in [1.807, 2.05) is 13.8 Å². The number of carbonyl (C=O) groups excluding carboxylic acids is 1. The lowest BCUT2D eigenvalue weighted by molar-refractivity contribution is -0.116. The van der Waals surface area contributed by atoms with E-state index in [9.17, 15) is 9.18 Å². The van der Waals surface area contributed by atoms with Crippen LogP contribution in [-0.4, -0.2) is 29.0 Å². The van der Waals surface area contributed by atoms with Gasteiger partial charge in [-0.1, -0.05) is 13.8 Å². The average molecular weight is 261 g/mol. The number of aromatic nitrogens is 2. The van der Waals surface area contributed by atoms with E-state index < -0.39 is 11.7 Å². The van der Waals surface area contributed by atoms with Crippen LogP contribution in [0.25, 0.3) is 0 Å². The summed E-state index contributed by atoms with van der Waals surface area (Å²) in [5, 5.41) is -0.0698. The minimum Gasteiger partial charge on any atom is -0.368 e. The van der Waals surface area contributed by atoms with E-state index in [-0.39, 0.29) is 23.6 Å². The van der Waals surface area contributed by atoms with Crippen molar-refractivity contribution in [3.8, 4) is 0 Å². The second kappa shape index (κ2) is 5.77. The van der Waals surface area contributed by atoms with Crippen LogP contribution in [0.5, 0.6) is 0 Å². The summed E-state index contributed by atoms with van der Waals surface area (Å²) in [7, 11) is 0. The average Bonchev–Trinajstić information content (AvgIpc) is 2.19. The molecule has 0 bridgehead atoms. The molecule has 0 saturated carbocycles. The molecule has 0 atom stereocenters. The third kappa shape index (κ3) is 4.14. The molecule has 94 valence electrons. The van der Waals surface area contributed by atoms with Gasteiger partial charge in [-0.25, -0.2) is 9.37 Å². The number of nitrogens with two attached hydrogens (primary N) is 1. The number of anilines is 1. The van der Waals surface area contributed by atoms with Crippen LogP contribution in [0.15, 0.2) is 6.20 Å². The first-order valence-corrected chi connectivity index (χ1v) is 5.49. The zero-order chi connectivity index (χ0) is 13.0. The van der Waals surface area contributed by atoms with Crippen molar-refractivity contribution >= 4 is 23.3 Å². The maximum Gasteiger partial charge on any atom is 0.237 e. The highest BCUT2D eigenvalue weighted by Gasteiger charge is 2.17. The summed E-state index contributed by atoms with van der Waals surface area (Å²) in [6, 6.07) is 0. The Kier molecular flexibility index (Phi) is 4.62. The minimum atomic E-state index is -0.628. The van der Waals surface area contributed by atoms with Crippen molar-refractivity contribution in [1.29, 1.82) is 0 Å². The molecule has 1 amide bonds. The fraction of sp³-hybridized carbons (Fsp3) is 0.500. The molecule has 0 saturated heterocycles. The van der Waals surface area contributed by atoms with Gasteiger partial charge in [-0.05, 0) is 17.5 Å². The first kappa shape index (κ1) is 13.6. The maximum atomic E-state index is 13.5. The Balaban J connectivity index is 3.02. The summed E-state index contributed by atoms with van der Waals surface area (Å²) in [5.41, 5.74) is 5.12. The first-order chi connectivity index (χ1) is 7.90. The van der Waals surface area contributed by atoms with Gasteiger partial charge in [0.2, 0.25) is 11.2 Å². The fourth-order valence-electron chi connectivity index (χ4n) is 1.41. The molecule has 1 aromatic rings. The molecule has 0 aliphatic heterocycles. The number of halogens is 2. The monoisotopic (exact) mass is 260 g/mol. The molecule has 7 heteroatoms. The van der Waals surface area contributed by atoms with Gasteiger partial charge in [0.1, 0.15) is 0 Å². The van der Waals surface area contributed by atoms with Gasteiger partial charge < -0.3 is 10.6 Å². The highest BCUT2D eigenvalue weighted by atomic mass is 35.5. The van der Waals surface area contributed by atoms with E-state index >= 15 is 0 Å². The van der Waals surface area contributed by atoms with Crippen molar-refractivity contribution in [2.45, 2.75) is 13.8 Å². The summed E-state index contributed by atoms with van der Waals surface area (Å²) in [5.74, 6) is -0.962. The number of nitrogens with zero attached hydrogens (tertiary/aromatic N) is 3. The number of primary amides is 1. The smallest absolute Gasteiger partial charge is 0.237 e. The Morgan fingerprint density at radius 2 is 2.29 bits per heavy atom. The summed E-state index contributed by atoms with van der Waals surface area (Å²) in [6.45, 7) is 4.22. The molecule has 1 heterocycles. The third-order valence-corrected chi connectivity index (χ3v) is 2.11. The molecule has 5 nitrogen and oxygen atoms in total.